The van der Waals surface area contributed by atoms with Crippen LogP contribution in [-0.2, 0) is 11.3 Å². The highest BCUT2D eigenvalue weighted by Gasteiger charge is 2.37. The zero-order valence-corrected chi connectivity index (χ0v) is 14.6. The molecule has 0 unspecified atom stereocenters. The summed E-state index contributed by atoms with van der Waals surface area (Å²) in [5.74, 6) is -0.114. The third-order valence-electron chi connectivity index (χ3n) is 4.99. The SMILES string of the molecule is O=C([C@H]1CN(c2ccc(F)cc2)CCN1)N(Cc1ccccn1)C1CC1. The van der Waals surface area contributed by atoms with Crippen LogP contribution in [0.4, 0.5) is 10.1 Å². The van der Waals surface area contributed by atoms with E-state index >= 15 is 0 Å². The van der Waals surface area contributed by atoms with Crippen molar-refractivity contribution in [1.82, 2.24) is 15.2 Å². The highest BCUT2D eigenvalue weighted by atomic mass is 19.1. The summed E-state index contributed by atoms with van der Waals surface area (Å²) in [6.45, 7) is 2.68. The van der Waals surface area contributed by atoms with Gasteiger partial charge in [0.2, 0.25) is 5.91 Å². The number of rotatable bonds is 5. The number of halogens is 1. The molecule has 1 N–H and O–H groups in total. The summed E-state index contributed by atoms with van der Waals surface area (Å²) >= 11 is 0. The summed E-state index contributed by atoms with van der Waals surface area (Å²) in [4.78, 5) is 21.6. The normalized spacial score (nSPS) is 20.0. The Morgan fingerprint density at radius 1 is 1.23 bits per heavy atom. The van der Waals surface area contributed by atoms with E-state index in [0.29, 0.717) is 19.1 Å². The van der Waals surface area contributed by atoms with Crippen LogP contribution in [0.15, 0.2) is 48.7 Å². The van der Waals surface area contributed by atoms with Gasteiger partial charge in [0, 0.05) is 37.6 Å². The van der Waals surface area contributed by atoms with Gasteiger partial charge in [-0.2, -0.15) is 0 Å². The van der Waals surface area contributed by atoms with Crippen molar-refractivity contribution in [2.45, 2.75) is 31.5 Å². The fourth-order valence-corrected chi connectivity index (χ4v) is 3.44. The van der Waals surface area contributed by atoms with Crippen molar-refractivity contribution in [1.29, 1.82) is 0 Å². The van der Waals surface area contributed by atoms with Gasteiger partial charge in [-0.15, -0.1) is 0 Å². The second kappa shape index (κ2) is 7.41. The molecule has 1 aliphatic heterocycles. The number of carbonyl (C=O) groups excluding carboxylic acids is 1. The maximum atomic E-state index is 13.2. The van der Waals surface area contributed by atoms with Crippen LogP contribution in [0.3, 0.4) is 0 Å². The molecule has 2 heterocycles. The third kappa shape index (κ3) is 3.85. The summed E-state index contributed by atoms with van der Waals surface area (Å²) in [5.41, 5.74) is 1.87. The Morgan fingerprint density at radius 2 is 2.04 bits per heavy atom. The minimum absolute atomic E-state index is 0.130. The summed E-state index contributed by atoms with van der Waals surface area (Å²) in [6.07, 6.45) is 3.89. The number of piperazine rings is 1. The van der Waals surface area contributed by atoms with Crippen molar-refractivity contribution < 1.29 is 9.18 Å². The smallest absolute Gasteiger partial charge is 0.242 e. The maximum Gasteiger partial charge on any atom is 0.242 e. The molecule has 2 aliphatic rings. The van der Waals surface area contributed by atoms with Gasteiger partial charge in [-0.1, -0.05) is 6.07 Å². The minimum atomic E-state index is -0.252. The number of pyridine rings is 1. The van der Waals surface area contributed by atoms with E-state index in [9.17, 15) is 9.18 Å². The highest BCUT2D eigenvalue weighted by Crippen LogP contribution is 2.29. The zero-order chi connectivity index (χ0) is 17.9. The van der Waals surface area contributed by atoms with Gasteiger partial charge >= 0.3 is 0 Å². The van der Waals surface area contributed by atoms with E-state index in [2.05, 4.69) is 15.2 Å². The molecular formula is C20H23FN4O. The molecule has 0 bridgehead atoms. The molecule has 1 aliphatic carbocycles. The molecule has 5 nitrogen and oxygen atoms in total. The van der Waals surface area contributed by atoms with Gasteiger partial charge in [0.25, 0.3) is 0 Å². The molecule has 1 saturated carbocycles. The third-order valence-corrected chi connectivity index (χ3v) is 4.99. The molecule has 1 aromatic carbocycles. The van der Waals surface area contributed by atoms with E-state index in [0.717, 1.165) is 37.3 Å². The number of nitrogens with zero attached hydrogens (tertiary/aromatic N) is 3. The molecule has 2 fully saturated rings. The summed E-state index contributed by atoms with van der Waals surface area (Å²) in [7, 11) is 0. The molecule has 26 heavy (non-hydrogen) atoms. The lowest BCUT2D eigenvalue weighted by Crippen LogP contribution is -2.58. The first-order chi connectivity index (χ1) is 12.7. The van der Waals surface area contributed by atoms with E-state index in [1.54, 1.807) is 18.3 Å². The van der Waals surface area contributed by atoms with Gasteiger partial charge < -0.3 is 15.1 Å². The number of amides is 1. The number of nitrogens with one attached hydrogen (secondary N) is 1. The molecule has 0 radical (unpaired) electrons. The Hall–Kier alpha value is -2.47. The van der Waals surface area contributed by atoms with E-state index in [-0.39, 0.29) is 17.8 Å². The Kier molecular flexibility index (Phi) is 4.84. The maximum absolute atomic E-state index is 13.2. The van der Waals surface area contributed by atoms with Crippen LogP contribution in [0, 0.1) is 5.82 Å². The van der Waals surface area contributed by atoms with Crippen LogP contribution in [0.2, 0.25) is 0 Å². The Labute approximate surface area is 152 Å². The van der Waals surface area contributed by atoms with Crippen LogP contribution in [0.25, 0.3) is 0 Å². The number of benzene rings is 1. The molecule has 136 valence electrons. The van der Waals surface area contributed by atoms with E-state index in [4.69, 9.17) is 0 Å². The van der Waals surface area contributed by atoms with Crippen LogP contribution in [0.1, 0.15) is 18.5 Å². The standard InChI is InChI=1S/C20H23FN4O/c21-15-4-6-17(7-5-15)24-12-11-23-19(14-24)20(26)25(18-8-9-18)13-16-3-1-2-10-22-16/h1-7,10,18-19,23H,8-9,11-14H2/t19-/m1/s1. The predicted octanol–water partition coefficient (Wildman–Crippen LogP) is 2.19. The molecule has 1 saturated heterocycles. The van der Waals surface area contributed by atoms with Gasteiger partial charge in [-0.3, -0.25) is 9.78 Å². The number of hydrogen-bond acceptors (Lipinski definition) is 4. The van der Waals surface area contributed by atoms with Crippen LogP contribution in [-0.4, -0.2) is 47.5 Å². The molecule has 1 atom stereocenters. The van der Waals surface area contributed by atoms with E-state index in [1.807, 2.05) is 23.1 Å². The number of aromatic nitrogens is 1. The van der Waals surface area contributed by atoms with Gasteiger partial charge in [-0.25, -0.2) is 4.39 Å². The lowest BCUT2D eigenvalue weighted by Gasteiger charge is -2.37. The van der Waals surface area contributed by atoms with Crippen molar-refractivity contribution in [2.24, 2.45) is 0 Å². The summed E-state index contributed by atoms with van der Waals surface area (Å²) < 4.78 is 13.2. The van der Waals surface area contributed by atoms with Crippen LogP contribution >= 0.6 is 0 Å². The molecule has 0 spiro atoms. The molecular weight excluding hydrogens is 331 g/mol. The zero-order valence-electron chi connectivity index (χ0n) is 14.6. The largest absolute Gasteiger partial charge is 0.368 e. The van der Waals surface area contributed by atoms with Crippen molar-refractivity contribution in [3.8, 4) is 0 Å². The fourth-order valence-electron chi connectivity index (χ4n) is 3.44. The van der Waals surface area contributed by atoms with Crippen molar-refractivity contribution in [3.63, 3.8) is 0 Å². The Balaban J connectivity index is 1.46. The lowest BCUT2D eigenvalue weighted by atomic mass is 10.1. The quantitative estimate of drug-likeness (QED) is 0.894. The lowest BCUT2D eigenvalue weighted by molar-refractivity contribution is -0.134. The first kappa shape index (κ1) is 17.0. The highest BCUT2D eigenvalue weighted by molar-refractivity contribution is 5.83. The van der Waals surface area contributed by atoms with Crippen molar-refractivity contribution >= 4 is 11.6 Å². The van der Waals surface area contributed by atoms with Crippen molar-refractivity contribution in [2.75, 3.05) is 24.5 Å². The molecule has 1 amide bonds. The summed E-state index contributed by atoms with van der Waals surface area (Å²) in [6, 6.07) is 12.3. The predicted molar refractivity (Wildman–Crippen MR) is 98.2 cm³/mol. The van der Waals surface area contributed by atoms with Gasteiger partial charge in [0.05, 0.1) is 12.2 Å². The fraction of sp³-hybridized carbons (Fsp3) is 0.400. The number of hydrogen-bond donors (Lipinski definition) is 1. The van der Waals surface area contributed by atoms with Crippen molar-refractivity contribution in [3.05, 3.63) is 60.2 Å². The summed E-state index contributed by atoms with van der Waals surface area (Å²) in [5, 5.41) is 3.35. The van der Waals surface area contributed by atoms with Gasteiger partial charge in [0.15, 0.2) is 0 Å². The second-order valence-electron chi connectivity index (χ2n) is 6.95. The first-order valence-corrected chi connectivity index (χ1v) is 9.15. The molecule has 6 heteroatoms. The second-order valence-corrected chi connectivity index (χ2v) is 6.95. The van der Waals surface area contributed by atoms with Gasteiger partial charge in [0.1, 0.15) is 11.9 Å². The topological polar surface area (TPSA) is 48.5 Å². The van der Waals surface area contributed by atoms with E-state index in [1.165, 1.54) is 12.1 Å². The molecule has 4 rings (SSSR count). The number of anilines is 1. The Bertz CT molecular complexity index is 748. The van der Waals surface area contributed by atoms with Crippen LogP contribution in [0.5, 0.6) is 0 Å². The molecule has 2 aromatic rings. The van der Waals surface area contributed by atoms with E-state index < -0.39 is 0 Å². The van der Waals surface area contributed by atoms with Gasteiger partial charge in [-0.05, 0) is 49.2 Å². The Morgan fingerprint density at radius 3 is 2.73 bits per heavy atom. The van der Waals surface area contributed by atoms with Crippen LogP contribution < -0.4 is 10.2 Å². The number of carbonyl (C=O) groups is 1. The first-order valence-electron chi connectivity index (χ1n) is 9.15. The minimum Gasteiger partial charge on any atom is -0.368 e. The average molecular weight is 354 g/mol. The molecule has 1 aromatic heterocycles. The monoisotopic (exact) mass is 354 g/mol. The average Bonchev–Trinajstić information content (AvgIpc) is 3.52.